The molecular formula is C19H20BrN5O2. The fourth-order valence-electron chi connectivity index (χ4n) is 3.34. The van der Waals surface area contributed by atoms with Gasteiger partial charge in [0.1, 0.15) is 5.69 Å². The number of fused-ring (bicyclic) bond motifs is 2. The van der Waals surface area contributed by atoms with E-state index in [1.165, 1.54) is 0 Å². The maximum atomic E-state index is 12.9. The molecule has 0 saturated heterocycles. The number of nitrogens with zero attached hydrogens (tertiary/aromatic N) is 4. The molecule has 140 valence electrons. The molecule has 0 atom stereocenters. The lowest BCUT2D eigenvalue weighted by atomic mass is 10.2. The third-order valence-electron chi connectivity index (χ3n) is 4.72. The van der Waals surface area contributed by atoms with E-state index in [-0.39, 0.29) is 11.8 Å². The van der Waals surface area contributed by atoms with Crippen LogP contribution in [0.25, 0.3) is 5.52 Å². The quantitative estimate of drug-likeness (QED) is 0.692. The topological polar surface area (TPSA) is 71.6 Å². The molecule has 3 aromatic heterocycles. The van der Waals surface area contributed by atoms with E-state index < -0.39 is 0 Å². The van der Waals surface area contributed by atoms with E-state index in [2.05, 4.69) is 26.3 Å². The summed E-state index contributed by atoms with van der Waals surface area (Å²) in [5.74, 6) is -0.159. The molecule has 7 nitrogen and oxygen atoms in total. The van der Waals surface area contributed by atoms with Gasteiger partial charge in [0.15, 0.2) is 5.69 Å². The molecule has 1 aliphatic rings. The first-order chi connectivity index (χ1) is 13.1. The lowest BCUT2D eigenvalue weighted by Gasteiger charge is -2.29. The predicted octanol–water partition coefficient (Wildman–Crippen LogP) is 2.69. The van der Waals surface area contributed by atoms with Crippen LogP contribution in [0, 0.1) is 0 Å². The van der Waals surface area contributed by atoms with Gasteiger partial charge in [0.25, 0.3) is 11.8 Å². The minimum Gasteiger partial charge on any atom is -0.351 e. The third kappa shape index (κ3) is 3.37. The zero-order valence-electron chi connectivity index (χ0n) is 15.0. The molecule has 0 aliphatic carbocycles. The highest BCUT2D eigenvalue weighted by atomic mass is 79.9. The molecule has 4 heterocycles. The van der Waals surface area contributed by atoms with Gasteiger partial charge in [-0.25, -0.2) is 4.52 Å². The van der Waals surface area contributed by atoms with E-state index in [1.54, 1.807) is 15.5 Å². The number of hydrogen-bond acceptors (Lipinski definition) is 3. The Balaban J connectivity index is 1.53. The SMILES string of the molecule is CCCNC(=O)c1ccc2n1CCN(C(=O)c1cc3ccc(Br)cn3n1)C2. The number of nitrogens with one attached hydrogen (secondary N) is 1. The molecule has 0 radical (unpaired) electrons. The summed E-state index contributed by atoms with van der Waals surface area (Å²) in [6.07, 6.45) is 2.73. The van der Waals surface area contributed by atoms with Crippen molar-refractivity contribution in [1.29, 1.82) is 0 Å². The third-order valence-corrected chi connectivity index (χ3v) is 5.18. The van der Waals surface area contributed by atoms with Crippen LogP contribution in [0.2, 0.25) is 0 Å². The fraction of sp³-hybridized carbons (Fsp3) is 0.316. The zero-order chi connectivity index (χ0) is 19.0. The van der Waals surface area contributed by atoms with Gasteiger partial charge >= 0.3 is 0 Å². The number of carbonyl (C=O) groups is 2. The maximum Gasteiger partial charge on any atom is 0.274 e. The number of rotatable bonds is 4. The average molecular weight is 430 g/mol. The molecule has 3 aromatic rings. The first-order valence-corrected chi connectivity index (χ1v) is 9.77. The monoisotopic (exact) mass is 429 g/mol. The van der Waals surface area contributed by atoms with Crippen molar-refractivity contribution < 1.29 is 9.59 Å². The normalized spacial score (nSPS) is 13.6. The second-order valence-corrected chi connectivity index (χ2v) is 7.51. The Bertz CT molecular complexity index is 1020. The van der Waals surface area contributed by atoms with E-state index in [1.807, 2.05) is 42.0 Å². The second kappa shape index (κ2) is 7.19. The van der Waals surface area contributed by atoms with Crippen LogP contribution in [-0.4, -0.2) is 44.0 Å². The lowest BCUT2D eigenvalue weighted by molar-refractivity contribution is 0.0703. The van der Waals surface area contributed by atoms with Crippen molar-refractivity contribution in [2.45, 2.75) is 26.4 Å². The summed E-state index contributed by atoms with van der Waals surface area (Å²) in [6.45, 7) is 4.30. The van der Waals surface area contributed by atoms with Gasteiger partial charge in [0.05, 0.1) is 12.1 Å². The molecular weight excluding hydrogens is 410 g/mol. The molecule has 8 heteroatoms. The van der Waals surface area contributed by atoms with Crippen molar-refractivity contribution in [3.8, 4) is 0 Å². The van der Waals surface area contributed by atoms with E-state index in [9.17, 15) is 9.59 Å². The number of hydrogen-bond donors (Lipinski definition) is 1. The van der Waals surface area contributed by atoms with Crippen LogP contribution >= 0.6 is 15.9 Å². The Labute approximate surface area is 165 Å². The summed E-state index contributed by atoms with van der Waals surface area (Å²) in [5, 5.41) is 7.30. The highest BCUT2D eigenvalue weighted by molar-refractivity contribution is 9.10. The van der Waals surface area contributed by atoms with Crippen molar-refractivity contribution in [3.63, 3.8) is 0 Å². The van der Waals surface area contributed by atoms with Crippen molar-refractivity contribution >= 4 is 33.3 Å². The number of amides is 2. The number of halogens is 1. The van der Waals surface area contributed by atoms with Crippen LogP contribution in [0.5, 0.6) is 0 Å². The van der Waals surface area contributed by atoms with Crippen LogP contribution in [0.1, 0.15) is 40.0 Å². The van der Waals surface area contributed by atoms with Crippen molar-refractivity contribution in [1.82, 2.24) is 24.4 Å². The molecule has 0 fully saturated rings. The second-order valence-electron chi connectivity index (χ2n) is 6.59. The van der Waals surface area contributed by atoms with Gasteiger partial charge in [0, 0.05) is 36.0 Å². The van der Waals surface area contributed by atoms with Crippen molar-refractivity contribution in [3.05, 3.63) is 58.1 Å². The molecule has 27 heavy (non-hydrogen) atoms. The predicted molar refractivity (Wildman–Crippen MR) is 105 cm³/mol. The lowest BCUT2D eigenvalue weighted by Crippen LogP contribution is -2.39. The minimum absolute atomic E-state index is 0.0613. The standard InChI is InChI=1S/C19H20BrN5O2/c1-2-7-21-18(26)17-6-5-15-12-23(8-9-24(15)17)19(27)16-10-14-4-3-13(20)11-25(14)22-16/h3-6,10-11H,2,7-9,12H2,1H3,(H,21,26). The van der Waals surface area contributed by atoms with E-state index in [0.717, 1.165) is 22.1 Å². The average Bonchev–Trinajstić information content (AvgIpc) is 3.28. The van der Waals surface area contributed by atoms with Crippen LogP contribution in [-0.2, 0) is 13.1 Å². The molecule has 0 aromatic carbocycles. The Hall–Kier alpha value is -2.61. The van der Waals surface area contributed by atoms with Gasteiger partial charge in [-0.2, -0.15) is 5.10 Å². The highest BCUT2D eigenvalue weighted by Gasteiger charge is 2.26. The van der Waals surface area contributed by atoms with E-state index in [0.29, 0.717) is 37.6 Å². The summed E-state index contributed by atoms with van der Waals surface area (Å²) in [4.78, 5) is 26.9. The molecule has 1 aliphatic heterocycles. The maximum absolute atomic E-state index is 12.9. The number of pyridine rings is 1. The Morgan fingerprint density at radius 2 is 2.07 bits per heavy atom. The molecule has 0 saturated carbocycles. The Morgan fingerprint density at radius 1 is 1.22 bits per heavy atom. The first kappa shape index (κ1) is 17.8. The molecule has 1 N–H and O–H groups in total. The molecule has 0 unspecified atom stereocenters. The minimum atomic E-state index is -0.0979. The fourth-order valence-corrected chi connectivity index (χ4v) is 3.66. The summed E-state index contributed by atoms with van der Waals surface area (Å²) in [6, 6.07) is 9.38. The number of carbonyl (C=O) groups excluding carboxylic acids is 2. The van der Waals surface area contributed by atoms with Crippen molar-refractivity contribution in [2.75, 3.05) is 13.1 Å². The molecule has 0 spiro atoms. The molecule has 0 bridgehead atoms. The highest BCUT2D eigenvalue weighted by Crippen LogP contribution is 2.20. The zero-order valence-corrected chi connectivity index (χ0v) is 16.6. The largest absolute Gasteiger partial charge is 0.351 e. The van der Waals surface area contributed by atoms with Gasteiger partial charge in [-0.3, -0.25) is 9.59 Å². The summed E-state index contributed by atoms with van der Waals surface area (Å²) >= 11 is 3.41. The van der Waals surface area contributed by atoms with Crippen LogP contribution in [0.4, 0.5) is 0 Å². The smallest absolute Gasteiger partial charge is 0.274 e. The van der Waals surface area contributed by atoms with Gasteiger partial charge in [-0.1, -0.05) is 6.92 Å². The van der Waals surface area contributed by atoms with Crippen LogP contribution in [0.3, 0.4) is 0 Å². The summed E-state index contributed by atoms with van der Waals surface area (Å²) in [7, 11) is 0. The summed E-state index contributed by atoms with van der Waals surface area (Å²) in [5.41, 5.74) is 2.91. The Morgan fingerprint density at radius 3 is 2.89 bits per heavy atom. The van der Waals surface area contributed by atoms with Gasteiger partial charge in [-0.05, 0) is 52.7 Å². The van der Waals surface area contributed by atoms with E-state index in [4.69, 9.17) is 0 Å². The van der Waals surface area contributed by atoms with E-state index >= 15 is 0 Å². The van der Waals surface area contributed by atoms with Gasteiger partial charge in [-0.15, -0.1) is 0 Å². The summed E-state index contributed by atoms with van der Waals surface area (Å²) < 4.78 is 4.59. The first-order valence-electron chi connectivity index (χ1n) is 8.97. The number of aromatic nitrogens is 3. The molecule has 2 amide bonds. The van der Waals surface area contributed by atoms with Gasteiger partial charge in [0.2, 0.25) is 0 Å². The van der Waals surface area contributed by atoms with Crippen molar-refractivity contribution in [2.24, 2.45) is 0 Å². The van der Waals surface area contributed by atoms with Crippen LogP contribution in [0.15, 0.2) is 41.0 Å². The Kier molecular flexibility index (Phi) is 4.73. The molecule has 4 rings (SSSR count). The van der Waals surface area contributed by atoms with Crippen LogP contribution < -0.4 is 5.32 Å². The van der Waals surface area contributed by atoms with Gasteiger partial charge < -0.3 is 14.8 Å².